The molecule has 1 rings (SSSR count). The van der Waals surface area contributed by atoms with Gasteiger partial charge in [0.2, 0.25) is 0 Å². The Morgan fingerprint density at radius 1 is 1.09 bits per heavy atom. The second-order valence-corrected chi connectivity index (χ2v) is 5.39. The zero-order chi connectivity index (χ0) is 17.0. The van der Waals surface area contributed by atoms with Crippen molar-refractivity contribution in [3.63, 3.8) is 0 Å². The zero-order valence-electron chi connectivity index (χ0n) is 10.7. The van der Waals surface area contributed by atoms with E-state index in [9.17, 15) is 19.8 Å². The summed E-state index contributed by atoms with van der Waals surface area (Å²) in [5.74, 6) is -3.47. The lowest BCUT2D eigenvalue weighted by atomic mass is 10.0. The third-order valence-electron chi connectivity index (χ3n) is 2.53. The Hall–Kier alpha value is -0.930. The minimum absolute atomic E-state index is 0.149. The van der Waals surface area contributed by atoms with Crippen LogP contribution < -0.4 is 4.74 Å². The number of hydrogen-bond acceptors (Lipinski definition) is 7. The first-order chi connectivity index (χ1) is 10.2. The van der Waals surface area contributed by atoms with E-state index in [2.05, 4.69) is 4.74 Å². The molecular formula is C12H11Cl3O7. The fourth-order valence-electron chi connectivity index (χ4n) is 1.36. The molecular weight excluding hydrogens is 362 g/mol. The predicted octanol–water partition coefficient (Wildman–Crippen LogP) is 0.196. The van der Waals surface area contributed by atoms with Crippen LogP contribution in [0.15, 0.2) is 12.1 Å². The van der Waals surface area contributed by atoms with Gasteiger partial charge in [0, 0.05) is 5.02 Å². The molecule has 3 atom stereocenters. The van der Waals surface area contributed by atoms with Crippen molar-refractivity contribution in [3.8, 4) is 5.75 Å². The molecule has 22 heavy (non-hydrogen) atoms. The van der Waals surface area contributed by atoms with Gasteiger partial charge < -0.3 is 25.2 Å². The van der Waals surface area contributed by atoms with Crippen LogP contribution in [0.2, 0.25) is 15.1 Å². The molecule has 0 saturated carbocycles. The van der Waals surface area contributed by atoms with E-state index in [1.165, 1.54) is 12.1 Å². The highest BCUT2D eigenvalue weighted by molar-refractivity contribution is 6.41. The molecule has 7 nitrogen and oxygen atoms in total. The molecule has 0 radical (unpaired) electrons. The third kappa shape index (κ3) is 4.53. The lowest BCUT2D eigenvalue weighted by Gasteiger charge is -2.19. The Balaban J connectivity index is 2.87. The summed E-state index contributed by atoms with van der Waals surface area (Å²) in [6.45, 7) is -0.921. The molecule has 0 aliphatic heterocycles. The topological polar surface area (TPSA) is 124 Å². The average molecular weight is 374 g/mol. The van der Waals surface area contributed by atoms with Crippen LogP contribution in [0.3, 0.4) is 0 Å². The van der Waals surface area contributed by atoms with Crippen molar-refractivity contribution in [2.45, 2.75) is 18.3 Å². The normalized spacial score (nSPS) is 15.0. The smallest absolute Gasteiger partial charge is 0.383 e. The fourth-order valence-corrected chi connectivity index (χ4v) is 2.26. The summed E-state index contributed by atoms with van der Waals surface area (Å²) in [6, 6.07) is 2.42. The first-order valence-corrected chi connectivity index (χ1v) is 6.88. The van der Waals surface area contributed by atoms with Crippen LogP contribution in [0.1, 0.15) is 0 Å². The zero-order valence-corrected chi connectivity index (χ0v) is 13.0. The number of esters is 1. The lowest BCUT2D eigenvalue weighted by Crippen LogP contribution is -2.47. The molecule has 10 heteroatoms. The van der Waals surface area contributed by atoms with Crippen molar-refractivity contribution in [2.75, 3.05) is 6.61 Å². The molecule has 0 fully saturated rings. The fraction of sp³-hybridized carbons (Fsp3) is 0.333. The Labute approximate surface area is 139 Å². The number of ketones is 1. The first-order valence-electron chi connectivity index (χ1n) is 5.74. The number of Topliss-reactive ketones (excluding diaryl/α,β-unsaturated/α-hetero) is 1. The van der Waals surface area contributed by atoms with Gasteiger partial charge in [0.25, 0.3) is 5.78 Å². The number of ether oxygens (including phenoxy) is 1. The van der Waals surface area contributed by atoms with Gasteiger partial charge in [0.1, 0.15) is 12.2 Å². The molecule has 0 heterocycles. The molecule has 122 valence electrons. The number of aliphatic hydroxyl groups is 4. The van der Waals surface area contributed by atoms with Crippen LogP contribution in [0.4, 0.5) is 0 Å². The molecule has 0 unspecified atom stereocenters. The van der Waals surface area contributed by atoms with E-state index in [0.717, 1.165) is 0 Å². The van der Waals surface area contributed by atoms with Crippen molar-refractivity contribution in [1.29, 1.82) is 0 Å². The van der Waals surface area contributed by atoms with Gasteiger partial charge in [-0.3, -0.25) is 4.79 Å². The molecule has 0 bridgehead atoms. The third-order valence-corrected chi connectivity index (χ3v) is 3.31. The largest absolute Gasteiger partial charge is 0.418 e. The number of carbonyl (C=O) groups is 2. The van der Waals surface area contributed by atoms with Gasteiger partial charge in [-0.2, -0.15) is 0 Å². The SMILES string of the molecule is O=C(Oc1c(Cl)cc(Cl)cc1Cl)C(=O)[C@@H](O)[C@H](O)[C@@H](O)CO. The van der Waals surface area contributed by atoms with Crippen LogP contribution in [0, 0.1) is 0 Å². The standard InChI is InChI=1S/C12H11Cl3O7/c13-4-1-5(14)11(6(15)2-4)22-12(21)10(20)9(19)8(18)7(17)3-16/h1-2,7-9,16-19H,3H2/t7-,8+,9-/m0/s1. The van der Waals surface area contributed by atoms with Crippen molar-refractivity contribution in [2.24, 2.45) is 0 Å². The summed E-state index contributed by atoms with van der Waals surface area (Å²) >= 11 is 17.2. The van der Waals surface area contributed by atoms with Gasteiger partial charge in [-0.1, -0.05) is 34.8 Å². The second kappa shape index (κ2) is 8.07. The Bertz CT molecular complexity index is 555. The van der Waals surface area contributed by atoms with E-state index in [4.69, 9.17) is 45.0 Å². The first kappa shape index (κ1) is 19.1. The number of rotatable bonds is 6. The number of hydrogen-bond donors (Lipinski definition) is 4. The van der Waals surface area contributed by atoms with Crippen LogP contribution in [0.25, 0.3) is 0 Å². The molecule has 0 amide bonds. The summed E-state index contributed by atoms with van der Waals surface area (Å²) in [6.07, 6.45) is -6.17. The molecule has 0 aliphatic rings. The van der Waals surface area contributed by atoms with Crippen LogP contribution in [-0.4, -0.2) is 57.1 Å². The highest BCUT2D eigenvalue weighted by Crippen LogP contribution is 2.35. The van der Waals surface area contributed by atoms with Crippen LogP contribution in [-0.2, 0) is 9.59 Å². The van der Waals surface area contributed by atoms with Crippen LogP contribution >= 0.6 is 34.8 Å². The summed E-state index contributed by atoms with van der Waals surface area (Å²) < 4.78 is 4.65. The second-order valence-electron chi connectivity index (χ2n) is 4.14. The van der Waals surface area contributed by atoms with E-state index in [1.54, 1.807) is 0 Å². The van der Waals surface area contributed by atoms with Crippen molar-refractivity contribution < 1.29 is 34.8 Å². The number of benzene rings is 1. The molecule has 0 aliphatic carbocycles. The van der Waals surface area contributed by atoms with E-state index in [0.29, 0.717) is 0 Å². The summed E-state index contributed by atoms with van der Waals surface area (Å²) in [5.41, 5.74) is 0. The number of aliphatic hydroxyl groups excluding tert-OH is 4. The molecule has 0 saturated heterocycles. The molecule has 4 N–H and O–H groups in total. The average Bonchev–Trinajstić information content (AvgIpc) is 2.47. The maximum atomic E-state index is 11.6. The summed E-state index contributed by atoms with van der Waals surface area (Å²) in [5, 5.41) is 36.4. The maximum absolute atomic E-state index is 11.6. The van der Waals surface area contributed by atoms with Crippen molar-refractivity contribution >= 4 is 46.6 Å². The Morgan fingerprint density at radius 3 is 2.05 bits per heavy atom. The highest BCUT2D eigenvalue weighted by atomic mass is 35.5. The minimum Gasteiger partial charge on any atom is -0.418 e. The molecule has 1 aromatic carbocycles. The van der Waals surface area contributed by atoms with Crippen LogP contribution in [0.5, 0.6) is 5.75 Å². The maximum Gasteiger partial charge on any atom is 0.383 e. The van der Waals surface area contributed by atoms with Gasteiger partial charge in [-0.25, -0.2) is 4.79 Å². The van der Waals surface area contributed by atoms with Gasteiger partial charge in [-0.05, 0) is 12.1 Å². The molecule has 1 aromatic rings. The van der Waals surface area contributed by atoms with E-state index >= 15 is 0 Å². The van der Waals surface area contributed by atoms with Gasteiger partial charge in [0.15, 0.2) is 11.9 Å². The number of carbonyl (C=O) groups excluding carboxylic acids is 2. The monoisotopic (exact) mass is 372 g/mol. The summed E-state index contributed by atoms with van der Waals surface area (Å²) in [4.78, 5) is 23.2. The van der Waals surface area contributed by atoms with Crippen molar-refractivity contribution in [1.82, 2.24) is 0 Å². The molecule has 0 aromatic heterocycles. The summed E-state index contributed by atoms with van der Waals surface area (Å²) in [7, 11) is 0. The highest BCUT2D eigenvalue weighted by Gasteiger charge is 2.35. The number of halogens is 3. The minimum atomic E-state index is -2.29. The quantitative estimate of drug-likeness (QED) is 0.319. The van der Waals surface area contributed by atoms with E-state index < -0.39 is 36.7 Å². The molecule has 0 spiro atoms. The van der Waals surface area contributed by atoms with E-state index in [-0.39, 0.29) is 20.8 Å². The van der Waals surface area contributed by atoms with Gasteiger partial charge in [-0.15, -0.1) is 0 Å². The Kier molecular flexibility index (Phi) is 7.01. The van der Waals surface area contributed by atoms with E-state index in [1.807, 2.05) is 0 Å². The Morgan fingerprint density at radius 2 is 1.59 bits per heavy atom. The van der Waals surface area contributed by atoms with Gasteiger partial charge in [0.05, 0.1) is 16.7 Å². The predicted molar refractivity (Wildman–Crippen MR) is 77.2 cm³/mol. The van der Waals surface area contributed by atoms with Gasteiger partial charge >= 0.3 is 5.97 Å². The van der Waals surface area contributed by atoms with Crippen molar-refractivity contribution in [3.05, 3.63) is 27.2 Å². The lowest BCUT2D eigenvalue weighted by molar-refractivity contribution is -0.157.